The van der Waals surface area contributed by atoms with Crippen LogP contribution in [-0.4, -0.2) is 50.3 Å². The first-order valence-corrected chi connectivity index (χ1v) is 12.2. The number of fused-ring (bicyclic) bond motifs is 1. The number of hydrogen-bond acceptors (Lipinski definition) is 8. The van der Waals surface area contributed by atoms with Crippen molar-refractivity contribution in [3.8, 4) is 0 Å². The third-order valence-corrected chi connectivity index (χ3v) is 8.62. The minimum absolute atomic E-state index is 0.00307. The maximum atomic E-state index is 15.3. The molecule has 2 fully saturated rings. The van der Waals surface area contributed by atoms with E-state index in [1.54, 1.807) is 30.3 Å². The van der Waals surface area contributed by atoms with Crippen molar-refractivity contribution in [1.29, 1.82) is 0 Å². The van der Waals surface area contributed by atoms with Crippen molar-refractivity contribution in [3.05, 3.63) is 58.6 Å². The van der Waals surface area contributed by atoms with Crippen LogP contribution in [0.3, 0.4) is 0 Å². The van der Waals surface area contributed by atoms with E-state index >= 15 is 4.39 Å². The van der Waals surface area contributed by atoms with Gasteiger partial charge in [-0.3, -0.25) is 18.4 Å². The summed E-state index contributed by atoms with van der Waals surface area (Å²) < 4.78 is 40.6. The highest BCUT2D eigenvalue weighted by atomic mass is 32.2. The van der Waals surface area contributed by atoms with Gasteiger partial charge < -0.3 is 10.8 Å². The summed E-state index contributed by atoms with van der Waals surface area (Å²) in [6, 6.07) is 10.2. The number of nitrogens with zero attached hydrogens (tertiary/aromatic N) is 2. The molecule has 172 valence electrons. The highest BCUT2D eigenvalue weighted by Crippen LogP contribution is 2.58. The number of aliphatic carboxylic acids is 1. The molecule has 0 amide bonds. The normalized spacial score (nSPS) is 31.6. The fourth-order valence-electron chi connectivity index (χ4n) is 3.69. The van der Waals surface area contributed by atoms with Crippen LogP contribution in [0.4, 0.5) is 10.2 Å². The first-order valence-electron chi connectivity index (χ1n) is 9.74. The van der Waals surface area contributed by atoms with Gasteiger partial charge in [-0.15, -0.1) is 11.8 Å². The molecular weight excluding hydrogens is 462 g/mol. The molecule has 2 aromatic rings. The highest BCUT2D eigenvalue weighted by molar-refractivity contribution is 8.00. The first-order chi connectivity index (χ1) is 15.1. The fourth-order valence-corrected chi connectivity index (χ4v) is 7.23. The molecule has 2 saturated heterocycles. The molecule has 6 atom stereocenters. The Kier molecular flexibility index (Phi) is 6.17. The number of alkyl halides is 1. The predicted molar refractivity (Wildman–Crippen MR) is 116 cm³/mol. The average molecular weight is 484 g/mol. The molecular formula is C19H22FN4O6PS. The average Bonchev–Trinajstić information content (AvgIpc) is 3.04. The Labute approximate surface area is 186 Å². The number of halogens is 1. The van der Waals surface area contributed by atoms with E-state index in [4.69, 9.17) is 14.8 Å². The van der Waals surface area contributed by atoms with E-state index < -0.39 is 47.8 Å². The molecule has 1 aromatic heterocycles. The number of nitrogen functional groups attached to an aromatic ring is 1. The zero-order valence-corrected chi connectivity index (χ0v) is 18.7. The topological polar surface area (TPSA) is 146 Å². The minimum atomic E-state index is -4.18. The molecule has 0 saturated carbocycles. The van der Waals surface area contributed by atoms with Gasteiger partial charge >= 0.3 is 19.4 Å². The van der Waals surface area contributed by atoms with Gasteiger partial charge in [0.05, 0.1) is 11.9 Å². The second-order valence-electron chi connectivity index (χ2n) is 7.83. The summed E-state index contributed by atoms with van der Waals surface area (Å²) in [5.41, 5.74) is 3.77. The predicted octanol–water partition coefficient (Wildman–Crippen LogP) is 1.98. The van der Waals surface area contributed by atoms with Gasteiger partial charge in [0.15, 0.2) is 6.17 Å². The number of rotatable bonds is 6. The third-order valence-electron chi connectivity index (χ3n) is 5.32. The molecule has 13 heteroatoms. The molecule has 4 rings (SSSR count). The van der Waals surface area contributed by atoms with Crippen molar-refractivity contribution in [1.82, 2.24) is 14.6 Å². The van der Waals surface area contributed by atoms with Crippen LogP contribution in [0.15, 0.2) is 47.4 Å². The van der Waals surface area contributed by atoms with E-state index in [-0.39, 0.29) is 18.8 Å². The van der Waals surface area contributed by atoms with Crippen LogP contribution in [0.1, 0.15) is 17.9 Å². The summed E-state index contributed by atoms with van der Waals surface area (Å²) in [6.07, 6.45) is -1.54. The number of carbonyl (C=O) groups is 1. The number of nitrogens with one attached hydrogen (secondary N) is 1. The molecule has 3 heterocycles. The lowest BCUT2D eigenvalue weighted by molar-refractivity contribution is -0.143. The van der Waals surface area contributed by atoms with Crippen LogP contribution in [0.25, 0.3) is 0 Å². The number of benzene rings is 1. The summed E-state index contributed by atoms with van der Waals surface area (Å²) in [5.74, 6) is -1.25. The Morgan fingerprint density at radius 2 is 2.16 bits per heavy atom. The number of thioether (sulfide) groups is 1. The van der Waals surface area contributed by atoms with E-state index in [9.17, 15) is 19.3 Å². The molecule has 1 unspecified atom stereocenters. The molecule has 0 spiro atoms. The van der Waals surface area contributed by atoms with E-state index in [0.717, 1.165) is 16.3 Å². The summed E-state index contributed by atoms with van der Waals surface area (Å²) in [6.45, 7) is 1.22. The second kappa shape index (κ2) is 8.60. The zero-order valence-electron chi connectivity index (χ0n) is 17.0. The molecule has 10 nitrogen and oxygen atoms in total. The van der Waals surface area contributed by atoms with Gasteiger partial charge in [0.2, 0.25) is 0 Å². The molecule has 0 radical (unpaired) electrons. The number of carboxylic acids is 1. The van der Waals surface area contributed by atoms with E-state index in [2.05, 4.69) is 10.1 Å². The Morgan fingerprint density at radius 3 is 2.81 bits per heavy atom. The summed E-state index contributed by atoms with van der Waals surface area (Å²) in [4.78, 5) is 27.7. The van der Waals surface area contributed by atoms with Crippen LogP contribution in [-0.2, 0) is 24.8 Å². The zero-order chi connectivity index (χ0) is 23.1. The number of hydrogen-bond donors (Lipinski definition) is 3. The van der Waals surface area contributed by atoms with Crippen molar-refractivity contribution >= 4 is 31.3 Å². The maximum Gasteiger partial charge on any atom is 0.406 e. The SMILES string of the molecule is C[C@@](Cc1ccccc1)(NP1(=O)OC[C@H]2S[C@@H](n3ccc(N)nc3=O)[C@@H](F)[C@@H]2O1)C(=O)O. The Balaban J connectivity index is 1.53. The van der Waals surface area contributed by atoms with Crippen LogP contribution < -0.4 is 16.5 Å². The maximum absolute atomic E-state index is 15.3. The van der Waals surface area contributed by atoms with Gasteiger partial charge in [0.1, 0.15) is 22.8 Å². The van der Waals surface area contributed by atoms with E-state index in [1.807, 2.05) is 0 Å². The quantitative estimate of drug-likeness (QED) is 0.520. The summed E-state index contributed by atoms with van der Waals surface area (Å²) in [5, 5.41) is 10.8. The standard InChI is InChI=1S/C19H22FN4O6PS/c1-19(17(25)26,9-11-5-3-2-4-6-11)23-31(28)29-10-12-15(30-31)14(20)16(32-12)24-8-7-13(21)22-18(24)27/h2-8,12,14-16H,9-10H2,1H3,(H,23,28)(H,25,26)(H2,21,22,27)/t12-,14+,15-,16-,19+,31?/m1/s1. The van der Waals surface area contributed by atoms with Gasteiger partial charge in [0, 0.05) is 12.6 Å². The van der Waals surface area contributed by atoms with Gasteiger partial charge in [0.25, 0.3) is 0 Å². The van der Waals surface area contributed by atoms with Crippen molar-refractivity contribution in [3.63, 3.8) is 0 Å². The van der Waals surface area contributed by atoms with Crippen LogP contribution in [0.5, 0.6) is 0 Å². The second-order valence-corrected chi connectivity index (χ2v) is 10.9. The fraction of sp³-hybridized carbons (Fsp3) is 0.421. The Morgan fingerprint density at radius 1 is 1.44 bits per heavy atom. The minimum Gasteiger partial charge on any atom is -0.480 e. The highest BCUT2D eigenvalue weighted by Gasteiger charge is 2.55. The summed E-state index contributed by atoms with van der Waals surface area (Å²) in [7, 11) is -4.18. The van der Waals surface area contributed by atoms with Crippen molar-refractivity contribution in [2.45, 2.75) is 41.8 Å². The van der Waals surface area contributed by atoms with Crippen LogP contribution in [0.2, 0.25) is 0 Å². The molecule has 1 aromatic carbocycles. The number of anilines is 1. The van der Waals surface area contributed by atoms with Gasteiger partial charge in [-0.2, -0.15) is 4.98 Å². The molecule has 2 aliphatic heterocycles. The largest absolute Gasteiger partial charge is 0.480 e. The number of aromatic nitrogens is 2. The Bertz CT molecular complexity index is 1120. The lowest BCUT2D eigenvalue weighted by Crippen LogP contribution is -2.52. The van der Waals surface area contributed by atoms with Crippen LogP contribution in [0, 0.1) is 0 Å². The smallest absolute Gasteiger partial charge is 0.406 e. The summed E-state index contributed by atoms with van der Waals surface area (Å²) >= 11 is 1.10. The molecule has 0 aliphatic carbocycles. The molecule has 0 bridgehead atoms. The van der Waals surface area contributed by atoms with Gasteiger partial charge in [-0.05, 0) is 18.6 Å². The van der Waals surface area contributed by atoms with Crippen molar-refractivity contribution in [2.75, 3.05) is 12.3 Å². The van der Waals surface area contributed by atoms with Gasteiger partial charge in [-0.25, -0.2) is 18.8 Å². The van der Waals surface area contributed by atoms with Gasteiger partial charge in [-0.1, -0.05) is 30.3 Å². The molecule has 2 aliphatic rings. The van der Waals surface area contributed by atoms with Crippen molar-refractivity contribution < 1.29 is 27.9 Å². The molecule has 4 N–H and O–H groups in total. The first kappa shape index (κ1) is 22.9. The molecule has 32 heavy (non-hydrogen) atoms. The monoisotopic (exact) mass is 484 g/mol. The number of nitrogens with two attached hydrogens (primary N) is 1. The van der Waals surface area contributed by atoms with E-state index in [1.165, 1.54) is 19.2 Å². The third kappa shape index (κ3) is 4.46. The lowest BCUT2D eigenvalue weighted by atomic mass is 9.94. The van der Waals surface area contributed by atoms with E-state index in [0.29, 0.717) is 5.56 Å². The van der Waals surface area contributed by atoms with Crippen LogP contribution >= 0.6 is 19.5 Å². The van der Waals surface area contributed by atoms with Crippen molar-refractivity contribution in [2.24, 2.45) is 0 Å². The lowest BCUT2D eigenvalue weighted by Gasteiger charge is -2.36. The number of carboxylic acid groups (broad SMARTS) is 1. The Hall–Kier alpha value is -2.24.